The van der Waals surface area contributed by atoms with Crippen LogP contribution in [0.3, 0.4) is 0 Å². The van der Waals surface area contributed by atoms with E-state index in [1.54, 1.807) is 0 Å². The molecule has 4 heteroatoms. The number of para-hydroxylation sites is 2. The number of hydrogen-bond acceptors (Lipinski definition) is 2. The number of aromatic nitrogens is 2. The first kappa shape index (κ1) is 41.8. The van der Waals surface area contributed by atoms with Crippen LogP contribution in [0.4, 0.5) is 0 Å². The molecular formula is C70H44N2O2. The van der Waals surface area contributed by atoms with E-state index < -0.39 is 0 Å². The molecule has 0 aliphatic heterocycles. The highest BCUT2D eigenvalue weighted by Crippen LogP contribution is 2.51. The van der Waals surface area contributed by atoms with Crippen molar-refractivity contribution in [1.82, 2.24) is 9.13 Å². The Kier molecular flexibility index (Phi) is 9.54. The van der Waals surface area contributed by atoms with Gasteiger partial charge in [0.15, 0.2) is 0 Å². The zero-order valence-corrected chi connectivity index (χ0v) is 40.1. The molecule has 0 bridgehead atoms. The average Bonchev–Trinajstić information content (AvgIpc) is 4.29. The van der Waals surface area contributed by atoms with Crippen LogP contribution in [0.15, 0.2) is 276 Å². The largest absolute Gasteiger partial charge is 0.456 e. The summed E-state index contributed by atoms with van der Waals surface area (Å²) in [6, 6.07) is 96.1. The van der Waals surface area contributed by atoms with Crippen LogP contribution in [0.25, 0.3) is 144 Å². The lowest BCUT2D eigenvalue weighted by Crippen LogP contribution is -2.02. The first-order valence-electron chi connectivity index (χ1n) is 25.2. The van der Waals surface area contributed by atoms with Crippen molar-refractivity contribution in [1.29, 1.82) is 0 Å². The molecule has 0 fully saturated rings. The molecule has 0 aliphatic rings. The van der Waals surface area contributed by atoms with Gasteiger partial charge >= 0.3 is 0 Å². The Hall–Kier alpha value is -9.90. The first-order chi connectivity index (χ1) is 36.7. The Balaban J connectivity index is 1.12. The highest BCUT2D eigenvalue weighted by Gasteiger charge is 2.25. The van der Waals surface area contributed by atoms with E-state index >= 15 is 0 Å². The Morgan fingerprint density at radius 3 is 0.919 bits per heavy atom. The van der Waals surface area contributed by atoms with Crippen LogP contribution in [0.1, 0.15) is 0 Å². The molecule has 4 heterocycles. The van der Waals surface area contributed by atoms with Gasteiger partial charge in [0.2, 0.25) is 0 Å². The SMILES string of the molecule is c1ccc(-c2ccc(-c3ccccc3)n2-c2ccc3c(-c4cccc5oc6ccccc6c45)c4cc(-n5c(-c6ccccc6)ccc5-c5ccccc5)ccc4c(-c4cccc5oc6ccccc6c45)c3c2)cc1. The fourth-order valence-corrected chi connectivity index (χ4v) is 11.8. The molecular weight excluding hydrogens is 901 g/mol. The van der Waals surface area contributed by atoms with E-state index in [-0.39, 0.29) is 0 Å². The van der Waals surface area contributed by atoms with Gasteiger partial charge in [-0.2, -0.15) is 0 Å². The summed E-state index contributed by atoms with van der Waals surface area (Å²) < 4.78 is 18.2. The third-order valence-electron chi connectivity index (χ3n) is 15.0. The average molecular weight is 945 g/mol. The number of benzene rings is 11. The highest BCUT2D eigenvalue weighted by molar-refractivity contribution is 6.28. The molecule has 0 atom stereocenters. The van der Waals surface area contributed by atoms with Gasteiger partial charge in [0.05, 0.1) is 22.8 Å². The summed E-state index contributed by atoms with van der Waals surface area (Å²) in [7, 11) is 0. The Bertz CT molecular complexity index is 4220. The summed E-state index contributed by atoms with van der Waals surface area (Å²) in [6.07, 6.45) is 0. The lowest BCUT2D eigenvalue weighted by Gasteiger charge is -2.22. The van der Waals surface area contributed by atoms with Crippen LogP contribution >= 0.6 is 0 Å². The molecule has 15 aromatic rings. The van der Waals surface area contributed by atoms with E-state index in [1.165, 1.54) is 0 Å². The summed E-state index contributed by atoms with van der Waals surface area (Å²) in [4.78, 5) is 0. The number of hydrogen-bond donors (Lipinski definition) is 0. The molecule has 0 radical (unpaired) electrons. The minimum atomic E-state index is 0.854. The molecule has 0 N–H and O–H groups in total. The molecule has 11 aromatic carbocycles. The topological polar surface area (TPSA) is 36.1 Å². The van der Waals surface area contributed by atoms with Gasteiger partial charge in [0, 0.05) is 32.9 Å². The second-order valence-electron chi connectivity index (χ2n) is 19.1. The summed E-state index contributed by atoms with van der Waals surface area (Å²) in [5, 5.41) is 8.87. The molecule has 346 valence electrons. The molecule has 0 saturated heterocycles. The Morgan fingerprint density at radius 1 is 0.230 bits per heavy atom. The minimum absolute atomic E-state index is 0.854. The molecule has 0 unspecified atom stereocenters. The van der Waals surface area contributed by atoms with Crippen LogP contribution in [-0.2, 0) is 0 Å². The van der Waals surface area contributed by atoms with Crippen molar-refractivity contribution in [3.63, 3.8) is 0 Å². The summed E-state index contributed by atoms with van der Waals surface area (Å²) in [5.74, 6) is 0. The third-order valence-corrected chi connectivity index (χ3v) is 15.0. The van der Waals surface area contributed by atoms with Crippen LogP contribution in [0, 0.1) is 0 Å². The van der Waals surface area contributed by atoms with Crippen LogP contribution in [0.5, 0.6) is 0 Å². The van der Waals surface area contributed by atoms with E-state index in [0.717, 1.165) is 144 Å². The number of furan rings is 2. The molecule has 0 spiro atoms. The van der Waals surface area contributed by atoms with Gasteiger partial charge in [-0.25, -0.2) is 0 Å². The second kappa shape index (κ2) is 16.9. The van der Waals surface area contributed by atoms with Crippen molar-refractivity contribution in [2.75, 3.05) is 0 Å². The maximum Gasteiger partial charge on any atom is 0.136 e. The third kappa shape index (κ3) is 6.55. The maximum atomic E-state index is 6.68. The molecule has 0 aliphatic carbocycles. The van der Waals surface area contributed by atoms with Crippen molar-refractivity contribution < 1.29 is 8.83 Å². The smallest absolute Gasteiger partial charge is 0.136 e. The number of fused-ring (bicyclic) bond motifs is 8. The normalized spacial score (nSPS) is 11.8. The molecule has 4 aromatic heterocycles. The molecule has 4 nitrogen and oxygen atoms in total. The van der Waals surface area contributed by atoms with Crippen molar-refractivity contribution in [3.05, 3.63) is 267 Å². The summed E-state index contributed by atoms with van der Waals surface area (Å²) in [5.41, 5.74) is 19.1. The van der Waals surface area contributed by atoms with Crippen molar-refractivity contribution in [2.45, 2.75) is 0 Å². The Labute approximate surface area is 426 Å². The summed E-state index contributed by atoms with van der Waals surface area (Å²) >= 11 is 0. The molecule has 0 saturated carbocycles. The van der Waals surface area contributed by atoms with Crippen LogP contribution in [0.2, 0.25) is 0 Å². The monoisotopic (exact) mass is 944 g/mol. The quantitative estimate of drug-likeness (QED) is 0.142. The fourth-order valence-electron chi connectivity index (χ4n) is 11.8. The van der Waals surface area contributed by atoms with Gasteiger partial charge in [-0.15, -0.1) is 0 Å². The first-order valence-corrected chi connectivity index (χ1v) is 25.2. The van der Waals surface area contributed by atoms with Gasteiger partial charge in [0.1, 0.15) is 22.3 Å². The van der Waals surface area contributed by atoms with Crippen molar-refractivity contribution in [3.8, 4) is 78.7 Å². The lowest BCUT2D eigenvalue weighted by molar-refractivity contribution is 0.668. The second-order valence-corrected chi connectivity index (χ2v) is 19.1. The standard InChI is InChI=1S/C70H44N2O2/c1-5-19-45(20-6-1)59-39-40-60(46-21-7-2-8-22-46)71(59)49-35-37-51-57(43-49)67(55-29-17-33-65-69(55)53-27-13-15-31-63(53)73-65)52-38-36-50(72-61(47-23-9-3-10-24-47)41-42-62(72)48-25-11-4-12-26-48)44-58(52)68(51)56-30-18-34-66-70(56)54-28-14-16-32-64(54)74-66/h1-44H. The van der Waals surface area contributed by atoms with Crippen molar-refractivity contribution >= 4 is 65.4 Å². The predicted octanol–water partition coefficient (Wildman–Crippen LogP) is 19.4. The van der Waals surface area contributed by atoms with E-state index in [2.05, 4.69) is 276 Å². The number of rotatable bonds is 8. The lowest BCUT2D eigenvalue weighted by atomic mass is 9.83. The highest BCUT2D eigenvalue weighted by atomic mass is 16.3. The number of nitrogens with zero attached hydrogens (tertiary/aromatic N) is 2. The van der Waals surface area contributed by atoms with Crippen molar-refractivity contribution in [2.24, 2.45) is 0 Å². The van der Waals surface area contributed by atoms with Crippen LogP contribution in [-0.4, -0.2) is 9.13 Å². The summed E-state index contributed by atoms with van der Waals surface area (Å²) in [6.45, 7) is 0. The maximum absolute atomic E-state index is 6.68. The van der Waals surface area contributed by atoms with Crippen LogP contribution < -0.4 is 0 Å². The zero-order chi connectivity index (χ0) is 48.7. The van der Waals surface area contributed by atoms with Gasteiger partial charge in [-0.1, -0.05) is 194 Å². The van der Waals surface area contributed by atoms with E-state index in [1.807, 2.05) is 0 Å². The van der Waals surface area contributed by atoms with E-state index in [9.17, 15) is 0 Å². The minimum Gasteiger partial charge on any atom is -0.456 e. The van der Waals surface area contributed by atoms with Gasteiger partial charge in [-0.05, 0) is 139 Å². The van der Waals surface area contributed by atoms with E-state index in [0.29, 0.717) is 0 Å². The van der Waals surface area contributed by atoms with E-state index in [4.69, 9.17) is 8.83 Å². The Morgan fingerprint density at radius 2 is 0.554 bits per heavy atom. The van der Waals surface area contributed by atoms with Gasteiger partial charge < -0.3 is 18.0 Å². The zero-order valence-electron chi connectivity index (χ0n) is 40.1. The molecule has 74 heavy (non-hydrogen) atoms. The molecule has 15 rings (SSSR count). The predicted molar refractivity (Wildman–Crippen MR) is 307 cm³/mol. The fraction of sp³-hybridized carbons (Fsp3) is 0. The molecule has 0 amide bonds. The van der Waals surface area contributed by atoms with Gasteiger partial charge in [-0.3, -0.25) is 0 Å². The van der Waals surface area contributed by atoms with Gasteiger partial charge in [0.25, 0.3) is 0 Å².